The number of allylic oxidation sites excluding steroid dienone is 2. The quantitative estimate of drug-likeness (QED) is 0.626. The molecular formula is C14H21NO4. The molecule has 0 bridgehead atoms. The summed E-state index contributed by atoms with van der Waals surface area (Å²) in [6.45, 7) is 3.88. The number of carbonyl (C=O) groups excluding carboxylic acids is 2. The monoisotopic (exact) mass is 267 g/mol. The molecule has 19 heavy (non-hydrogen) atoms. The van der Waals surface area contributed by atoms with E-state index in [4.69, 9.17) is 0 Å². The zero-order chi connectivity index (χ0) is 14.6. The molecule has 0 aromatic heterocycles. The lowest BCUT2D eigenvalue weighted by Crippen LogP contribution is -2.29. The number of nitrogens with zero attached hydrogens (tertiary/aromatic N) is 1. The number of carbonyl (C=O) groups is 2. The number of esters is 1. The second-order valence-corrected chi connectivity index (χ2v) is 5.51. The second-order valence-electron chi connectivity index (χ2n) is 5.51. The second kappa shape index (κ2) is 5.99. The summed E-state index contributed by atoms with van der Waals surface area (Å²) in [6.07, 6.45) is 1.28. The minimum Gasteiger partial charge on any atom is -0.511 e. The standard InChI is InChI=1S/C14H21NO4/c1-14(2)7-10(16)13(11(17)8-14)9(15-3)5-6-12(18)19-4/h16H,5-8H2,1-4H3. The summed E-state index contributed by atoms with van der Waals surface area (Å²) in [5, 5.41) is 10.1. The van der Waals surface area contributed by atoms with Crippen LogP contribution in [0, 0.1) is 5.41 Å². The Hall–Kier alpha value is -1.65. The Kier molecular flexibility index (Phi) is 4.86. The smallest absolute Gasteiger partial charge is 0.305 e. The Morgan fingerprint density at radius 1 is 1.37 bits per heavy atom. The normalized spacial score (nSPS) is 19.6. The molecule has 0 saturated carbocycles. The molecule has 0 saturated heterocycles. The third-order valence-corrected chi connectivity index (χ3v) is 3.20. The molecule has 0 heterocycles. The molecule has 0 unspecified atom stereocenters. The molecule has 5 heteroatoms. The molecule has 0 amide bonds. The Morgan fingerprint density at radius 3 is 2.47 bits per heavy atom. The van der Waals surface area contributed by atoms with Gasteiger partial charge in [0.2, 0.25) is 0 Å². The van der Waals surface area contributed by atoms with Crippen molar-refractivity contribution in [1.29, 1.82) is 0 Å². The highest BCUT2D eigenvalue weighted by Crippen LogP contribution is 2.36. The Balaban J connectivity index is 2.92. The molecule has 0 atom stereocenters. The predicted molar refractivity (Wildman–Crippen MR) is 72.3 cm³/mol. The molecule has 0 radical (unpaired) electrons. The van der Waals surface area contributed by atoms with E-state index < -0.39 is 0 Å². The Bertz CT molecular complexity index is 446. The van der Waals surface area contributed by atoms with E-state index in [1.54, 1.807) is 7.05 Å². The summed E-state index contributed by atoms with van der Waals surface area (Å²) < 4.78 is 4.56. The molecule has 1 N–H and O–H groups in total. The lowest BCUT2D eigenvalue weighted by molar-refractivity contribution is -0.140. The number of aliphatic hydroxyl groups excluding tert-OH is 1. The van der Waals surface area contributed by atoms with Crippen LogP contribution in [-0.4, -0.2) is 36.7 Å². The number of rotatable bonds is 4. The van der Waals surface area contributed by atoms with Crippen molar-refractivity contribution in [3.8, 4) is 0 Å². The molecule has 1 rings (SSSR count). The van der Waals surface area contributed by atoms with E-state index in [1.807, 2.05) is 13.8 Å². The topological polar surface area (TPSA) is 76.0 Å². The number of aliphatic imine (C=N–C) groups is 1. The fourth-order valence-corrected chi connectivity index (χ4v) is 2.29. The van der Waals surface area contributed by atoms with Crippen LogP contribution in [0.15, 0.2) is 16.3 Å². The third kappa shape index (κ3) is 3.91. The maximum atomic E-state index is 12.1. The van der Waals surface area contributed by atoms with Crippen molar-refractivity contribution < 1.29 is 19.4 Å². The molecule has 1 aliphatic rings. The molecular weight excluding hydrogens is 246 g/mol. The van der Waals surface area contributed by atoms with Crippen LogP contribution in [-0.2, 0) is 14.3 Å². The van der Waals surface area contributed by atoms with Gasteiger partial charge in [0, 0.05) is 32.0 Å². The first-order valence-electron chi connectivity index (χ1n) is 6.29. The number of aliphatic hydroxyl groups is 1. The molecule has 0 aromatic carbocycles. The zero-order valence-electron chi connectivity index (χ0n) is 11.9. The van der Waals surface area contributed by atoms with Gasteiger partial charge in [0.15, 0.2) is 5.78 Å². The molecule has 0 aromatic rings. The maximum absolute atomic E-state index is 12.1. The molecule has 0 aliphatic heterocycles. The van der Waals surface area contributed by atoms with Gasteiger partial charge < -0.3 is 9.84 Å². The van der Waals surface area contributed by atoms with E-state index in [-0.39, 0.29) is 34.9 Å². The van der Waals surface area contributed by atoms with Crippen molar-refractivity contribution in [2.75, 3.05) is 14.2 Å². The first-order valence-corrected chi connectivity index (χ1v) is 6.29. The van der Waals surface area contributed by atoms with Gasteiger partial charge in [-0.1, -0.05) is 13.8 Å². The van der Waals surface area contributed by atoms with Gasteiger partial charge in [0.25, 0.3) is 0 Å². The van der Waals surface area contributed by atoms with Gasteiger partial charge in [-0.2, -0.15) is 0 Å². The lowest BCUT2D eigenvalue weighted by atomic mass is 9.75. The number of hydrogen-bond acceptors (Lipinski definition) is 5. The summed E-state index contributed by atoms with van der Waals surface area (Å²) in [5.74, 6) is -0.393. The van der Waals surface area contributed by atoms with Gasteiger partial charge in [-0.05, 0) is 5.41 Å². The Labute approximate surface area is 113 Å². The van der Waals surface area contributed by atoms with Crippen LogP contribution in [0.25, 0.3) is 0 Å². The highest BCUT2D eigenvalue weighted by Gasteiger charge is 2.34. The van der Waals surface area contributed by atoms with Crippen molar-refractivity contribution >= 4 is 17.5 Å². The van der Waals surface area contributed by atoms with Crippen LogP contribution in [0.1, 0.15) is 39.5 Å². The third-order valence-electron chi connectivity index (χ3n) is 3.20. The average Bonchev–Trinajstić information content (AvgIpc) is 2.30. The summed E-state index contributed by atoms with van der Waals surface area (Å²) in [6, 6.07) is 0. The van der Waals surface area contributed by atoms with Crippen LogP contribution in [0.2, 0.25) is 0 Å². The van der Waals surface area contributed by atoms with Gasteiger partial charge in [-0.25, -0.2) is 0 Å². The summed E-state index contributed by atoms with van der Waals surface area (Å²) in [5.41, 5.74) is 0.528. The lowest BCUT2D eigenvalue weighted by Gasteiger charge is -2.29. The summed E-state index contributed by atoms with van der Waals surface area (Å²) in [4.78, 5) is 27.3. The zero-order valence-corrected chi connectivity index (χ0v) is 11.9. The fraction of sp³-hybridized carbons (Fsp3) is 0.643. The van der Waals surface area contributed by atoms with E-state index >= 15 is 0 Å². The molecule has 5 nitrogen and oxygen atoms in total. The predicted octanol–water partition coefficient (Wildman–Crippen LogP) is 2.21. The molecule has 0 spiro atoms. The van der Waals surface area contributed by atoms with Gasteiger partial charge in [0.05, 0.1) is 19.1 Å². The minimum atomic E-state index is -0.357. The highest BCUT2D eigenvalue weighted by molar-refractivity contribution is 6.23. The van der Waals surface area contributed by atoms with Gasteiger partial charge in [0.1, 0.15) is 5.76 Å². The number of methoxy groups -OCH3 is 1. The van der Waals surface area contributed by atoms with Crippen LogP contribution in [0.3, 0.4) is 0 Å². The number of ketones is 1. The van der Waals surface area contributed by atoms with Crippen LogP contribution in [0.5, 0.6) is 0 Å². The van der Waals surface area contributed by atoms with Crippen LogP contribution >= 0.6 is 0 Å². The SMILES string of the molecule is CN=C(CCC(=O)OC)C1=C(O)CC(C)(C)CC1=O. The minimum absolute atomic E-state index is 0.0757. The largest absolute Gasteiger partial charge is 0.511 e. The first kappa shape index (κ1) is 15.4. The maximum Gasteiger partial charge on any atom is 0.305 e. The van der Waals surface area contributed by atoms with E-state index in [1.165, 1.54) is 7.11 Å². The van der Waals surface area contributed by atoms with Crippen molar-refractivity contribution in [2.24, 2.45) is 10.4 Å². The number of Topliss-reactive ketones (excluding diaryl/α,β-unsaturated/α-hetero) is 1. The van der Waals surface area contributed by atoms with Crippen LogP contribution in [0.4, 0.5) is 0 Å². The van der Waals surface area contributed by atoms with E-state index in [9.17, 15) is 14.7 Å². The fourth-order valence-electron chi connectivity index (χ4n) is 2.29. The van der Waals surface area contributed by atoms with Crippen LogP contribution < -0.4 is 0 Å². The van der Waals surface area contributed by atoms with E-state index in [0.717, 1.165) is 0 Å². The van der Waals surface area contributed by atoms with Gasteiger partial charge in [-0.15, -0.1) is 0 Å². The van der Waals surface area contributed by atoms with Crippen molar-refractivity contribution in [3.63, 3.8) is 0 Å². The Morgan fingerprint density at radius 2 is 2.00 bits per heavy atom. The van der Waals surface area contributed by atoms with Crippen molar-refractivity contribution in [2.45, 2.75) is 39.5 Å². The number of hydrogen-bond donors (Lipinski definition) is 1. The van der Waals surface area contributed by atoms with E-state index in [0.29, 0.717) is 25.0 Å². The highest BCUT2D eigenvalue weighted by atomic mass is 16.5. The van der Waals surface area contributed by atoms with Gasteiger partial charge >= 0.3 is 5.97 Å². The summed E-state index contributed by atoms with van der Waals surface area (Å²) >= 11 is 0. The molecule has 106 valence electrons. The van der Waals surface area contributed by atoms with Crippen molar-refractivity contribution in [3.05, 3.63) is 11.3 Å². The average molecular weight is 267 g/mol. The van der Waals surface area contributed by atoms with E-state index in [2.05, 4.69) is 9.73 Å². The number of ether oxygens (including phenoxy) is 1. The van der Waals surface area contributed by atoms with Gasteiger partial charge in [-0.3, -0.25) is 14.6 Å². The summed E-state index contributed by atoms with van der Waals surface area (Å²) in [7, 11) is 2.87. The molecule has 1 aliphatic carbocycles. The molecule has 0 fully saturated rings. The van der Waals surface area contributed by atoms with Crippen molar-refractivity contribution in [1.82, 2.24) is 0 Å². The first-order chi connectivity index (χ1) is 8.80.